The molecule has 0 amide bonds. The van der Waals surface area contributed by atoms with Gasteiger partial charge in [-0.1, -0.05) is 24.6 Å². The number of halogens is 2. The van der Waals surface area contributed by atoms with Crippen molar-refractivity contribution in [1.82, 2.24) is 4.72 Å². The summed E-state index contributed by atoms with van der Waals surface area (Å²) in [5.74, 6) is -0.892. The fourth-order valence-electron chi connectivity index (χ4n) is 1.39. The van der Waals surface area contributed by atoms with Crippen molar-refractivity contribution in [3.8, 4) is 0 Å². The molecule has 7 heteroatoms. The van der Waals surface area contributed by atoms with Crippen molar-refractivity contribution >= 4 is 21.6 Å². The molecule has 0 spiro atoms. The Labute approximate surface area is 111 Å². The molecule has 1 aromatic carbocycles. The molecule has 0 aliphatic heterocycles. The van der Waals surface area contributed by atoms with E-state index in [0.29, 0.717) is 12.0 Å². The molecule has 1 unspecified atom stereocenters. The van der Waals surface area contributed by atoms with Crippen LogP contribution in [0.4, 0.5) is 4.39 Å². The fraction of sp³-hybridized carbons (Fsp3) is 0.455. The number of hydrogen-bond donors (Lipinski definition) is 2. The summed E-state index contributed by atoms with van der Waals surface area (Å²) in [5, 5.41) is 8.82. The average molecular weight is 296 g/mol. The zero-order valence-corrected chi connectivity index (χ0v) is 11.4. The third-order valence-electron chi connectivity index (χ3n) is 2.40. The van der Waals surface area contributed by atoms with Gasteiger partial charge in [-0.05, 0) is 24.1 Å². The van der Waals surface area contributed by atoms with E-state index >= 15 is 0 Å². The summed E-state index contributed by atoms with van der Waals surface area (Å²) in [5.41, 5.74) is 0.390. The molecule has 1 aromatic rings. The Bertz CT molecular complexity index is 503. The van der Waals surface area contributed by atoms with Crippen molar-refractivity contribution in [1.29, 1.82) is 0 Å². The van der Waals surface area contributed by atoms with E-state index in [-0.39, 0.29) is 17.4 Å². The number of rotatable bonds is 6. The maximum absolute atomic E-state index is 12.9. The summed E-state index contributed by atoms with van der Waals surface area (Å²) in [7, 11) is -3.58. The molecule has 0 saturated carbocycles. The van der Waals surface area contributed by atoms with Crippen molar-refractivity contribution in [3.05, 3.63) is 34.6 Å². The molecule has 18 heavy (non-hydrogen) atoms. The van der Waals surface area contributed by atoms with E-state index in [0.717, 1.165) is 6.07 Å². The number of benzene rings is 1. The lowest BCUT2D eigenvalue weighted by Crippen LogP contribution is -2.37. The van der Waals surface area contributed by atoms with E-state index in [1.165, 1.54) is 12.1 Å². The highest BCUT2D eigenvalue weighted by atomic mass is 35.5. The van der Waals surface area contributed by atoms with Crippen LogP contribution in [-0.2, 0) is 15.8 Å². The first-order chi connectivity index (χ1) is 8.38. The first-order valence-electron chi connectivity index (χ1n) is 5.42. The Morgan fingerprint density at radius 2 is 2.17 bits per heavy atom. The van der Waals surface area contributed by atoms with Gasteiger partial charge < -0.3 is 5.11 Å². The lowest BCUT2D eigenvalue weighted by Gasteiger charge is -2.14. The highest BCUT2D eigenvalue weighted by Gasteiger charge is 2.17. The van der Waals surface area contributed by atoms with Gasteiger partial charge >= 0.3 is 0 Å². The maximum Gasteiger partial charge on any atom is 0.216 e. The van der Waals surface area contributed by atoms with E-state index in [4.69, 9.17) is 16.7 Å². The molecule has 0 fully saturated rings. The van der Waals surface area contributed by atoms with Gasteiger partial charge in [-0.25, -0.2) is 17.5 Å². The number of aliphatic hydroxyl groups excluding tert-OH is 1. The predicted octanol–water partition coefficient (Wildman–Crippen LogP) is 1.67. The third-order valence-corrected chi connectivity index (χ3v) is 4.10. The van der Waals surface area contributed by atoms with Gasteiger partial charge in [-0.3, -0.25) is 0 Å². The van der Waals surface area contributed by atoms with Crippen LogP contribution in [-0.4, -0.2) is 26.2 Å². The molecule has 0 saturated heterocycles. The van der Waals surface area contributed by atoms with Gasteiger partial charge in [-0.15, -0.1) is 0 Å². The molecule has 0 radical (unpaired) electrons. The van der Waals surface area contributed by atoms with Crippen molar-refractivity contribution < 1.29 is 17.9 Å². The molecule has 0 aromatic heterocycles. The van der Waals surface area contributed by atoms with E-state index in [1.54, 1.807) is 6.92 Å². The molecule has 4 nitrogen and oxygen atoms in total. The molecular weight excluding hydrogens is 281 g/mol. The van der Waals surface area contributed by atoms with E-state index < -0.39 is 21.9 Å². The van der Waals surface area contributed by atoms with Crippen LogP contribution < -0.4 is 4.72 Å². The van der Waals surface area contributed by atoms with Crippen molar-refractivity contribution in [2.45, 2.75) is 25.1 Å². The molecule has 0 bridgehead atoms. The second-order valence-electron chi connectivity index (χ2n) is 3.91. The van der Waals surface area contributed by atoms with Crippen LogP contribution in [0.3, 0.4) is 0 Å². The second-order valence-corrected chi connectivity index (χ2v) is 6.07. The van der Waals surface area contributed by atoms with Gasteiger partial charge in [0.2, 0.25) is 10.0 Å². The minimum Gasteiger partial charge on any atom is -0.395 e. The fourth-order valence-corrected chi connectivity index (χ4v) is 3.05. The van der Waals surface area contributed by atoms with Crippen LogP contribution in [0.25, 0.3) is 0 Å². The lowest BCUT2D eigenvalue weighted by atomic mass is 10.2. The average Bonchev–Trinajstić information content (AvgIpc) is 2.30. The first-order valence-corrected chi connectivity index (χ1v) is 7.45. The summed E-state index contributed by atoms with van der Waals surface area (Å²) in [6.45, 7) is 1.50. The number of sulfonamides is 1. The summed E-state index contributed by atoms with van der Waals surface area (Å²) in [4.78, 5) is 0. The number of nitrogens with one attached hydrogen (secondary N) is 1. The molecule has 0 aliphatic rings. The van der Waals surface area contributed by atoms with Gasteiger partial charge in [0.1, 0.15) is 5.82 Å². The standard InChI is InChI=1S/C11H15ClFNO3S/c1-2-9(6-15)14-18(16,17)7-8-3-4-11(13)10(12)5-8/h3-5,9,14-15H,2,6-7H2,1H3. The van der Waals surface area contributed by atoms with Crippen LogP contribution in [0.2, 0.25) is 5.02 Å². The van der Waals surface area contributed by atoms with Crippen molar-refractivity contribution in [2.24, 2.45) is 0 Å². The Morgan fingerprint density at radius 1 is 1.50 bits per heavy atom. The smallest absolute Gasteiger partial charge is 0.216 e. The van der Waals surface area contributed by atoms with Crippen LogP contribution in [0.1, 0.15) is 18.9 Å². The molecule has 0 heterocycles. The quantitative estimate of drug-likeness (QED) is 0.839. The largest absolute Gasteiger partial charge is 0.395 e. The van der Waals surface area contributed by atoms with Gasteiger partial charge in [0.25, 0.3) is 0 Å². The zero-order chi connectivity index (χ0) is 13.8. The Balaban J connectivity index is 2.79. The summed E-state index contributed by atoms with van der Waals surface area (Å²) < 4.78 is 38.8. The van der Waals surface area contributed by atoms with Crippen LogP contribution in [0.15, 0.2) is 18.2 Å². The molecule has 102 valence electrons. The van der Waals surface area contributed by atoms with Crippen LogP contribution in [0.5, 0.6) is 0 Å². The Kier molecular flexibility index (Phi) is 5.52. The highest BCUT2D eigenvalue weighted by Crippen LogP contribution is 2.17. The van der Waals surface area contributed by atoms with Gasteiger partial charge in [0.15, 0.2) is 0 Å². The molecule has 1 rings (SSSR count). The van der Waals surface area contributed by atoms with E-state index in [9.17, 15) is 12.8 Å². The monoisotopic (exact) mass is 295 g/mol. The number of aliphatic hydroxyl groups is 1. The van der Waals surface area contributed by atoms with Gasteiger partial charge in [0, 0.05) is 6.04 Å². The van der Waals surface area contributed by atoms with Gasteiger partial charge in [-0.2, -0.15) is 0 Å². The van der Waals surface area contributed by atoms with E-state index in [1.807, 2.05) is 0 Å². The zero-order valence-electron chi connectivity index (χ0n) is 9.86. The molecule has 0 aliphatic carbocycles. The molecule has 1 atom stereocenters. The third kappa shape index (κ3) is 4.53. The number of hydrogen-bond acceptors (Lipinski definition) is 3. The SMILES string of the molecule is CCC(CO)NS(=O)(=O)Cc1ccc(F)c(Cl)c1. The van der Waals surface area contributed by atoms with E-state index in [2.05, 4.69) is 4.72 Å². The minimum absolute atomic E-state index is 0.114. The lowest BCUT2D eigenvalue weighted by molar-refractivity contribution is 0.254. The van der Waals surface area contributed by atoms with Crippen molar-refractivity contribution in [3.63, 3.8) is 0 Å². The Morgan fingerprint density at radius 3 is 2.67 bits per heavy atom. The second kappa shape index (κ2) is 6.47. The summed E-state index contributed by atoms with van der Waals surface area (Å²) >= 11 is 5.57. The van der Waals surface area contributed by atoms with Crippen LogP contribution in [0, 0.1) is 5.82 Å². The van der Waals surface area contributed by atoms with Crippen LogP contribution >= 0.6 is 11.6 Å². The molecular formula is C11H15ClFNO3S. The predicted molar refractivity (Wildman–Crippen MR) is 68.3 cm³/mol. The Hall–Kier alpha value is -0.690. The summed E-state index contributed by atoms with van der Waals surface area (Å²) in [6, 6.07) is 3.25. The normalized spacial score (nSPS) is 13.6. The topological polar surface area (TPSA) is 66.4 Å². The minimum atomic E-state index is -3.58. The first kappa shape index (κ1) is 15.4. The van der Waals surface area contributed by atoms with Gasteiger partial charge in [0.05, 0.1) is 17.4 Å². The molecule has 2 N–H and O–H groups in total. The maximum atomic E-state index is 12.9. The van der Waals surface area contributed by atoms with Crippen molar-refractivity contribution in [2.75, 3.05) is 6.61 Å². The summed E-state index contributed by atoms with van der Waals surface area (Å²) in [6.07, 6.45) is 0.486. The highest BCUT2D eigenvalue weighted by molar-refractivity contribution is 7.88.